The number of anilines is 1. The monoisotopic (exact) mass is 438 g/mol. The number of aryl methyl sites for hydroxylation is 1. The van der Waals surface area contributed by atoms with E-state index in [0.29, 0.717) is 24.5 Å². The van der Waals surface area contributed by atoms with Crippen LogP contribution in [0.4, 0.5) is 5.82 Å². The third kappa shape index (κ3) is 5.35. The number of aromatic nitrogens is 2. The van der Waals surface area contributed by atoms with Gasteiger partial charge in [0.1, 0.15) is 5.82 Å². The zero-order chi connectivity index (χ0) is 22.7. The van der Waals surface area contributed by atoms with Crippen LogP contribution < -0.4 is 16.4 Å². The number of amidine groups is 1. The molecule has 1 heterocycles. The van der Waals surface area contributed by atoms with Crippen LogP contribution in [0.25, 0.3) is 10.9 Å². The van der Waals surface area contributed by atoms with Gasteiger partial charge >= 0.3 is 0 Å². The zero-order valence-corrected chi connectivity index (χ0v) is 19.0. The molecule has 2 aliphatic carbocycles. The second-order valence-electron chi connectivity index (χ2n) is 9.27. The molecule has 2 saturated carbocycles. The lowest BCUT2D eigenvalue weighted by atomic mass is 9.90. The molecule has 2 atom stereocenters. The number of nitrogens with two attached hydrogens (primary N) is 1. The summed E-state index contributed by atoms with van der Waals surface area (Å²) in [6, 6.07) is 6.23. The van der Waals surface area contributed by atoms with Crippen LogP contribution in [0.2, 0.25) is 0 Å². The number of aliphatic hydroxyl groups excluding tert-OH is 1. The van der Waals surface area contributed by atoms with E-state index in [1.54, 1.807) is 0 Å². The fraction of sp³-hybridized carbons (Fsp3) is 0.583. The predicted molar refractivity (Wildman–Crippen MR) is 127 cm³/mol. The number of fused-ring (bicyclic) bond motifs is 1. The number of benzene rings is 1. The molecule has 8 nitrogen and oxygen atoms in total. The average Bonchev–Trinajstić information content (AvgIpc) is 2.76. The Morgan fingerprint density at radius 3 is 2.62 bits per heavy atom. The molecule has 1 aromatic heterocycles. The predicted octanol–water partition coefficient (Wildman–Crippen LogP) is 3.07. The highest BCUT2D eigenvalue weighted by Crippen LogP contribution is 2.28. The smallest absolute Gasteiger partial charge is 0.289 e. The van der Waals surface area contributed by atoms with Crippen LogP contribution in [0.15, 0.2) is 23.2 Å². The number of nitrogens with one attached hydrogen (secondary N) is 2. The van der Waals surface area contributed by atoms with Gasteiger partial charge in [0.25, 0.3) is 5.91 Å². The largest absolute Gasteiger partial charge is 0.393 e. The van der Waals surface area contributed by atoms with Gasteiger partial charge in [0.05, 0.1) is 23.5 Å². The van der Waals surface area contributed by atoms with E-state index in [1.807, 2.05) is 26.0 Å². The van der Waals surface area contributed by atoms with Crippen molar-refractivity contribution >= 4 is 28.5 Å². The van der Waals surface area contributed by atoms with Crippen molar-refractivity contribution in [3.05, 3.63) is 29.6 Å². The topological polar surface area (TPSA) is 126 Å². The molecular weight excluding hydrogens is 404 g/mol. The van der Waals surface area contributed by atoms with E-state index in [1.165, 1.54) is 0 Å². The van der Waals surface area contributed by atoms with Gasteiger partial charge in [-0.05, 0) is 64.5 Å². The standard InChI is InChI=1S/C24H34N6O2/c1-14-7-12-19-18(13-14)22(29-21-6-4-3-5-20(21)26-15(2)25)30-23(28-19)24(32)27-16-8-10-17(31)11-9-16/h7,12-13,16-17,20-21,31H,3-6,8-11H2,1-2H3,(H2,25,26)(H,27,32)(H,28,29,30)/t16?,17?,20-,21+/m1/s1. The molecule has 2 aromatic rings. The third-order valence-corrected chi connectivity index (χ3v) is 6.51. The molecule has 4 rings (SSSR count). The molecule has 0 unspecified atom stereocenters. The number of carbonyl (C=O) groups excluding carboxylic acids is 1. The van der Waals surface area contributed by atoms with Crippen LogP contribution in [-0.4, -0.2) is 51.0 Å². The number of rotatable bonds is 5. The van der Waals surface area contributed by atoms with Gasteiger partial charge in [0, 0.05) is 17.5 Å². The summed E-state index contributed by atoms with van der Waals surface area (Å²) in [4.78, 5) is 26.9. The minimum absolute atomic E-state index is 0.0456. The van der Waals surface area contributed by atoms with Crippen molar-refractivity contribution in [2.45, 2.75) is 89.4 Å². The van der Waals surface area contributed by atoms with Crippen LogP contribution in [0.5, 0.6) is 0 Å². The van der Waals surface area contributed by atoms with Gasteiger partial charge in [-0.3, -0.25) is 9.79 Å². The Labute approximate surface area is 189 Å². The van der Waals surface area contributed by atoms with Crippen LogP contribution in [0, 0.1) is 6.92 Å². The van der Waals surface area contributed by atoms with Crippen molar-refractivity contribution in [1.29, 1.82) is 0 Å². The normalized spacial score (nSPS) is 26.7. The van der Waals surface area contributed by atoms with Crippen molar-refractivity contribution in [1.82, 2.24) is 15.3 Å². The fourth-order valence-corrected chi connectivity index (χ4v) is 4.80. The summed E-state index contributed by atoms with van der Waals surface area (Å²) in [6.45, 7) is 3.86. The van der Waals surface area contributed by atoms with E-state index in [-0.39, 0.29) is 36.0 Å². The molecule has 32 heavy (non-hydrogen) atoms. The summed E-state index contributed by atoms with van der Waals surface area (Å²) in [5.41, 5.74) is 7.73. The SMILES string of the molecule is CC(N)=N[C@@H]1CCCC[C@@H]1Nc1nc(C(=O)NC2CCC(O)CC2)nc2ccc(C)cc12. The quantitative estimate of drug-likeness (QED) is 0.420. The van der Waals surface area contributed by atoms with Crippen molar-refractivity contribution in [3.63, 3.8) is 0 Å². The van der Waals surface area contributed by atoms with Gasteiger partial charge in [0.15, 0.2) is 0 Å². The first kappa shape index (κ1) is 22.5. The van der Waals surface area contributed by atoms with Crippen molar-refractivity contribution < 1.29 is 9.90 Å². The summed E-state index contributed by atoms with van der Waals surface area (Å²) in [5.74, 6) is 1.16. The highest BCUT2D eigenvalue weighted by molar-refractivity contribution is 5.96. The molecule has 1 aromatic carbocycles. The van der Waals surface area contributed by atoms with Gasteiger partial charge in [-0.2, -0.15) is 0 Å². The van der Waals surface area contributed by atoms with Gasteiger partial charge in [0.2, 0.25) is 5.82 Å². The van der Waals surface area contributed by atoms with Gasteiger partial charge in [-0.15, -0.1) is 0 Å². The maximum absolute atomic E-state index is 13.0. The van der Waals surface area contributed by atoms with Gasteiger partial charge in [-0.1, -0.05) is 24.5 Å². The van der Waals surface area contributed by atoms with E-state index in [2.05, 4.69) is 31.7 Å². The summed E-state index contributed by atoms with van der Waals surface area (Å²) < 4.78 is 0. The Kier molecular flexibility index (Phi) is 6.89. The Bertz CT molecular complexity index is 995. The molecule has 1 amide bonds. The Morgan fingerprint density at radius 2 is 1.88 bits per heavy atom. The minimum atomic E-state index is -0.270. The minimum Gasteiger partial charge on any atom is -0.393 e. The number of nitrogens with zero attached hydrogens (tertiary/aromatic N) is 3. The Hall–Kier alpha value is -2.74. The van der Waals surface area contributed by atoms with E-state index in [9.17, 15) is 9.90 Å². The van der Waals surface area contributed by atoms with Gasteiger partial charge in [-0.25, -0.2) is 9.97 Å². The lowest BCUT2D eigenvalue weighted by molar-refractivity contribution is 0.0859. The number of hydrogen-bond donors (Lipinski definition) is 4. The highest BCUT2D eigenvalue weighted by Gasteiger charge is 2.27. The molecule has 2 aliphatic rings. The average molecular weight is 439 g/mol. The molecule has 0 saturated heterocycles. The number of hydrogen-bond acceptors (Lipinski definition) is 6. The number of amides is 1. The molecule has 0 radical (unpaired) electrons. The first-order chi connectivity index (χ1) is 15.4. The second-order valence-corrected chi connectivity index (χ2v) is 9.27. The first-order valence-electron chi connectivity index (χ1n) is 11.7. The summed E-state index contributed by atoms with van der Waals surface area (Å²) >= 11 is 0. The van der Waals surface area contributed by atoms with Crippen LogP contribution in [0.1, 0.15) is 74.5 Å². The Balaban J connectivity index is 1.62. The van der Waals surface area contributed by atoms with Crippen molar-refractivity contribution in [2.75, 3.05) is 5.32 Å². The highest BCUT2D eigenvalue weighted by atomic mass is 16.3. The lowest BCUT2D eigenvalue weighted by Crippen LogP contribution is -2.39. The maximum atomic E-state index is 13.0. The van der Waals surface area contributed by atoms with Crippen molar-refractivity contribution in [2.24, 2.45) is 10.7 Å². The first-order valence-corrected chi connectivity index (χ1v) is 11.7. The third-order valence-electron chi connectivity index (χ3n) is 6.51. The lowest BCUT2D eigenvalue weighted by Gasteiger charge is -2.30. The van der Waals surface area contributed by atoms with E-state index >= 15 is 0 Å². The fourth-order valence-electron chi connectivity index (χ4n) is 4.80. The van der Waals surface area contributed by atoms with E-state index < -0.39 is 0 Å². The molecule has 0 bridgehead atoms. The van der Waals surface area contributed by atoms with Gasteiger partial charge < -0.3 is 21.5 Å². The Morgan fingerprint density at radius 1 is 1.12 bits per heavy atom. The number of carbonyl (C=O) groups is 1. The van der Waals surface area contributed by atoms with Crippen LogP contribution in [-0.2, 0) is 0 Å². The van der Waals surface area contributed by atoms with E-state index in [4.69, 9.17) is 5.73 Å². The molecule has 8 heteroatoms. The summed E-state index contributed by atoms with van der Waals surface area (Å²) in [7, 11) is 0. The van der Waals surface area contributed by atoms with Crippen LogP contribution >= 0.6 is 0 Å². The maximum Gasteiger partial charge on any atom is 0.289 e. The molecule has 0 spiro atoms. The second kappa shape index (κ2) is 9.81. The molecule has 0 aliphatic heterocycles. The van der Waals surface area contributed by atoms with E-state index in [0.717, 1.165) is 55.0 Å². The molecule has 2 fully saturated rings. The zero-order valence-electron chi connectivity index (χ0n) is 19.0. The van der Waals surface area contributed by atoms with Crippen molar-refractivity contribution in [3.8, 4) is 0 Å². The summed E-state index contributed by atoms with van der Waals surface area (Å²) in [6.07, 6.45) is 6.90. The number of aliphatic hydroxyl groups is 1. The summed E-state index contributed by atoms with van der Waals surface area (Å²) in [5, 5.41) is 17.3. The molecular formula is C24H34N6O2. The molecule has 172 valence electrons. The van der Waals surface area contributed by atoms with Crippen LogP contribution in [0.3, 0.4) is 0 Å². The molecule has 5 N–H and O–H groups in total. The number of aliphatic imine (C=N–C) groups is 1.